The number of benzene rings is 3. The van der Waals surface area contributed by atoms with Crippen LogP contribution in [0.1, 0.15) is 18.5 Å². The minimum Gasteiger partial charge on any atom is -0.328 e. The molecule has 1 amide bonds. The maximum Gasteiger partial charge on any atom is 0.269 e. The molecule has 1 unspecified atom stereocenters. The van der Waals surface area contributed by atoms with Gasteiger partial charge in [-0.25, -0.2) is 9.07 Å². The number of non-ortho nitro benzene ring substituents is 1. The number of fused-ring (bicyclic) bond motifs is 1. The van der Waals surface area contributed by atoms with Crippen molar-refractivity contribution in [1.29, 1.82) is 0 Å². The van der Waals surface area contributed by atoms with Crippen LogP contribution in [-0.2, 0) is 4.79 Å². The zero-order chi connectivity index (χ0) is 24.5. The summed E-state index contributed by atoms with van der Waals surface area (Å²) in [5.74, 6) is -0.0973. The van der Waals surface area contributed by atoms with E-state index < -0.39 is 11.0 Å². The van der Waals surface area contributed by atoms with Crippen molar-refractivity contribution in [3.63, 3.8) is 0 Å². The second-order valence-electron chi connectivity index (χ2n) is 7.95. The SMILES string of the molecule is CC1=C(C(=O)Nc2ccccc2)C(c2cccc([N+](=O)[O-])c2)n2nc(-c3ccc(F)cc3)nc2N1. The summed E-state index contributed by atoms with van der Waals surface area (Å²) in [5, 5.41) is 22.0. The molecular formula is C25H19FN6O3. The van der Waals surface area contributed by atoms with E-state index in [0.717, 1.165) is 0 Å². The summed E-state index contributed by atoms with van der Waals surface area (Å²) in [6.45, 7) is 1.74. The third kappa shape index (κ3) is 4.24. The van der Waals surface area contributed by atoms with Crippen molar-refractivity contribution in [1.82, 2.24) is 14.8 Å². The lowest BCUT2D eigenvalue weighted by Gasteiger charge is -2.28. The van der Waals surface area contributed by atoms with E-state index in [4.69, 9.17) is 0 Å². The van der Waals surface area contributed by atoms with Crippen LogP contribution < -0.4 is 10.6 Å². The number of halogens is 1. The van der Waals surface area contributed by atoms with Crippen molar-refractivity contribution in [2.45, 2.75) is 13.0 Å². The average Bonchev–Trinajstić information content (AvgIpc) is 3.27. The van der Waals surface area contributed by atoms with E-state index in [1.165, 1.54) is 28.9 Å². The smallest absolute Gasteiger partial charge is 0.269 e. The van der Waals surface area contributed by atoms with Gasteiger partial charge >= 0.3 is 0 Å². The molecule has 0 bridgehead atoms. The standard InChI is InChI=1S/C25H19FN6O3/c1-15-21(24(33)28-19-7-3-2-4-8-19)22(17-6-5-9-20(14-17)32(34)35)31-25(27-15)29-23(30-31)16-10-12-18(26)13-11-16/h2-14,22H,1H3,(H,28,33)(H,27,29,30). The highest BCUT2D eigenvalue weighted by molar-refractivity contribution is 6.06. The Morgan fingerprint density at radius 3 is 2.54 bits per heavy atom. The first kappa shape index (κ1) is 22.0. The Morgan fingerprint density at radius 1 is 1.09 bits per heavy atom. The molecule has 3 aromatic carbocycles. The molecular weight excluding hydrogens is 451 g/mol. The lowest BCUT2D eigenvalue weighted by Crippen LogP contribution is -2.31. The number of amides is 1. The van der Waals surface area contributed by atoms with E-state index in [-0.39, 0.29) is 17.4 Å². The number of nitrogens with one attached hydrogen (secondary N) is 2. The van der Waals surface area contributed by atoms with Crippen LogP contribution in [0, 0.1) is 15.9 Å². The Balaban J connectivity index is 1.63. The predicted octanol–water partition coefficient (Wildman–Crippen LogP) is 4.92. The molecule has 174 valence electrons. The summed E-state index contributed by atoms with van der Waals surface area (Å²) >= 11 is 0. The number of aromatic nitrogens is 3. The number of hydrogen-bond donors (Lipinski definition) is 2. The van der Waals surface area contributed by atoms with Gasteiger partial charge in [0.2, 0.25) is 5.95 Å². The average molecular weight is 470 g/mol. The van der Waals surface area contributed by atoms with E-state index in [1.54, 1.807) is 55.5 Å². The molecule has 1 aliphatic rings. The monoisotopic (exact) mass is 470 g/mol. The van der Waals surface area contributed by atoms with Gasteiger partial charge in [-0.3, -0.25) is 14.9 Å². The minimum absolute atomic E-state index is 0.109. The number of carbonyl (C=O) groups excluding carboxylic acids is 1. The first-order chi connectivity index (χ1) is 16.9. The predicted molar refractivity (Wildman–Crippen MR) is 128 cm³/mol. The first-order valence-electron chi connectivity index (χ1n) is 10.7. The summed E-state index contributed by atoms with van der Waals surface area (Å²) in [5.41, 5.74) is 2.43. The minimum atomic E-state index is -0.795. The molecule has 10 heteroatoms. The summed E-state index contributed by atoms with van der Waals surface area (Å²) < 4.78 is 14.9. The van der Waals surface area contributed by atoms with Gasteiger partial charge in [0.1, 0.15) is 11.9 Å². The molecule has 0 fully saturated rings. The second kappa shape index (κ2) is 8.82. The molecule has 0 spiro atoms. The van der Waals surface area contributed by atoms with Gasteiger partial charge in [-0.2, -0.15) is 4.98 Å². The van der Waals surface area contributed by atoms with E-state index in [2.05, 4.69) is 20.7 Å². The normalized spacial score (nSPS) is 14.7. The lowest BCUT2D eigenvalue weighted by molar-refractivity contribution is -0.384. The van der Waals surface area contributed by atoms with Crippen LogP contribution >= 0.6 is 0 Å². The van der Waals surface area contributed by atoms with Crippen molar-refractivity contribution in [2.24, 2.45) is 0 Å². The lowest BCUT2D eigenvalue weighted by atomic mass is 9.94. The zero-order valence-electron chi connectivity index (χ0n) is 18.5. The van der Waals surface area contributed by atoms with Crippen LogP contribution in [0.15, 0.2) is 90.1 Å². The van der Waals surface area contributed by atoms with Gasteiger partial charge in [0.15, 0.2) is 5.82 Å². The number of carbonyl (C=O) groups is 1. The molecule has 4 aromatic rings. The maximum atomic E-state index is 13.5. The quantitative estimate of drug-likeness (QED) is 0.316. The fraction of sp³-hybridized carbons (Fsp3) is 0.0800. The number of allylic oxidation sites excluding steroid dienone is 1. The van der Waals surface area contributed by atoms with Gasteiger partial charge in [0, 0.05) is 29.1 Å². The van der Waals surface area contributed by atoms with Gasteiger partial charge in [-0.1, -0.05) is 30.3 Å². The van der Waals surface area contributed by atoms with E-state index in [1.807, 2.05) is 6.07 Å². The van der Waals surface area contributed by atoms with Crippen LogP contribution in [0.2, 0.25) is 0 Å². The number of nitro groups is 1. The van der Waals surface area contributed by atoms with Crippen LogP contribution in [-0.4, -0.2) is 25.6 Å². The number of rotatable bonds is 5. The van der Waals surface area contributed by atoms with E-state index in [0.29, 0.717) is 39.9 Å². The van der Waals surface area contributed by atoms with E-state index >= 15 is 0 Å². The summed E-state index contributed by atoms with van der Waals surface area (Å²) in [6.07, 6.45) is 0. The molecule has 0 saturated heterocycles. The maximum absolute atomic E-state index is 13.5. The highest BCUT2D eigenvalue weighted by atomic mass is 19.1. The molecule has 9 nitrogen and oxygen atoms in total. The van der Waals surface area contributed by atoms with Gasteiger partial charge in [0.05, 0.1) is 10.5 Å². The molecule has 1 aliphatic heterocycles. The Kier molecular flexibility index (Phi) is 5.54. The Bertz CT molecular complexity index is 1460. The molecule has 1 aromatic heterocycles. The second-order valence-corrected chi connectivity index (χ2v) is 7.95. The highest BCUT2D eigenvalue weighted by Crippen LogP contribution is 2.37. The van der Waals surface area contributed by atoms with Gasteiger partial charge in [-0.15, -0.1) is 5.10 Å². The Labute approximate surface area is 199 Å². The fourth-order valence-electron chi connectivity index (χ4n) is 4.00. The van der Waals surface area contributed by atoms with Crippen molar-refractivity contribution >= 4 is 23.2 Å². The number of nitro benzene ring substituents is 1. The van der Waals surface area contributed by atoms with Crippen molar-refractivity contribution < 1.29 is 14.1 Å². The molecule has 0 aliphatic carbocycles. The van der Waals surface area contributed by atoms with E-state index in [9.17, 15) is 19.3 Å². The van der Waals surface area contributed by atoms with Gasteiger partial charge < -0.3 is 10.6 Å². The van der Waals surface area contributed by atoms with Crippen molar-refractivity contribution in [3.05, 3.63) is 112 Å². The molecule has 5 rings (SSSR count). The summed E-state index contributed by atoms with van der Waals surface area (Å²) in [7, 11) is 0. The number of nitrogens with zero attached hydrogens (tertiary/aromatic N) is 4. The van der Waals surface area contributed by atoms with Crippen molar-refractivity contribution in [3.8, 4) is 11.4 Å². The largest absolute Gasteiger partial charge is 0.328 e. The Morgan fingerprint density at radius 2 is 1.83 bits per heavy atom. The van der Waals surface area contributed by atoms with Crippen LogP contribution in [0.3, 0.4) is 0 Å². The molecule has 35 heavy (non-hydrogen) atoms. The molecule has 1 atom stereocenters. The number of anilines is 2. The van der Waals surface area contributed by atoms with Crippen LogP contribution in [0.4, 0.5) is 21.7 Å². The fourth-order valence-corrected chi connectivity index (χ4v) is 4.00. The summed E-state index contributed by atoms with van der Waals surface area (Å²) in [4.78, 5) is 29.0. The van der Waals surface area contributed by atoms with Gasteiger partial charge in [0.25, 0.3) is 11.6 Å². The summed E-state index contributed by atoms with van der Waals surface area (Å²) in [6, 6.07) is 20.0. The Hall–Kier alpha value is -4.86. The molecule has 0 saturated carbocycles. The van der Waals surface area contributed by atoms with Crippen LogP contribution in [0.5, 0.6) is 0 Å². The number of hydrogen-bond acceptors (Lipinski definition) is 6. The van der Waals surface area contributed by atoms with Crippen LogP contribution in [0.25, 0.3) is 11.4 Å². The van der Waals surface area contributed by atoms with Gasteiger partial charge in [-0.05, 0) is 48.9 Å². The third-order valence-electron chi connectivity index (χ3n) is 5.63. The zero-order valence-corrected chi connectivity index (χ0v) is 18.5. The molecule has 0 radical (unpaired) electrons. The topological polar surface area (TPSA) is 115 Å². The molecule has 2 heterocycles. The number of para-hydroxylation sites is 1. The third-order valence-corrected chi connectivity index (χ3v) is 5.63. The first-order valence-corrected chi connectivity index (χ1v) is 10.7. The van der Waals surface area contributed by atoms with Crippen molar-refractivity contribution in [2.75, 3.05) is 10.6 Å². The molecule has 2 N–H and O–H groups in total. The highest BCUT2D eigenvalue weighted by Gasteiger charge is 2.35.